The van der Waals surface area contributed by atoms with Gasteiger partial charge in [0, 0.05) is 0 Å². The summed E-state index contributed by atoms with van der Waals surface area (Å²) in [4.78, 5) is 10.4. The molecule has 6 heavy (non-hydrogen) atoms. The molecule has 0 aliphatic rings. The monoisotopic (exact) mass is 99.0 g/mol. The van der Waals surface area contributed by atoms with Crippen molar-refractivity contribution in [3.8, 4) is 12.0 Å². The van der Waals surface area contributed by atoms with Gasteiger partial charge in [0.25, 0.3) is 0 Å². The van der Waals surface area contributed by atoms with Crippen molar-refractivity contribution in [2.75, 3.05) is 0 Å². The molecule has 33 valence electrons. The third kappa shape index (κ3) is 3.74. The first-order valence-electron chi connectivity index (χ1n) is 1.74. The van der Waals surface area contributed by atoms with Gasteiger partial charge in [0.05, 0.1) is 0 Å². The quantitative estimate of drug-likeness (QED) is 0.316. The van der Waals surface area contributed by atoms with Crippen LogP contribution in [-0.2, 0) is 4.80 Å². The van der Waals surface area contributed by atoms with Crippen LogP contribution < -0.4 is 0 Å². The summed E-state index contributed by atoms with van der Waals surface area (Å²) in [5, 5.41) is 0. The van der Waals surface area contributed by atoms with Crippen LogP contribution in [0.3, 0.4) is 0 Å². The minimum atomic E-state index is -2.35. The van der Waals surface area contributed by atoms with Crippen molar-refractivity contribution < 1.29 is 4.80 Å². The van der Waals surface area contributed by atoms with Crippen molar-refractivity contribution in [3.05, 3.63) is 0 Å². The van der Waals surface area contributed by atoms with Gasteiger partial charge in [-0.3, -0.25) is 4.80 Å². The highest BCUT2D eigenvalue weighted by molar-refractivity contribution is 6.77. The zero-order valence-electron chi connectivity index (χ0n) is 3.99. The second-order valence-corrected chi connectivity index (χ2v) is 4.96. The van der Waals surface area contributed by atoms with Crippen LogP contribution in [-0.4, -0.2) is 8.32 Å². The molecule has 0 spiro atoms. The van der Waals surface area contributed by atoms with Gasteiger partial charge < -0.3 is 0 Å². The fourth-order valence-electron chi connectivity index (χ4n) is 0. The standard InChI is InChI=1S/C4H7OSi/c1-4-6(2,3)5/h1H,2-3H3. The maximum atomic E-state index is 10.4. The highest BCUT2D eigenvalue weighted by Gasteiger charge is 2.13. The van der Waals surface area contributed by atoms with E-state index in [1.807, 2.05) is 0 Å². The van der Waals surface area contributed by atoms with E-state index in [0.717, 1.165) is 0 Å². The van der Waals surface area contributed by atoms with Crippen LogP contribution in [0.4, 0.5) is 0 Å². The van der Waals surface area contributed by atoms with Crippen molar-refractivity contribution in [1.82, 2.24) is 0 Å². The lowest BCUT2D eigenvalue weighted by Gasteiger charge is -1.94. The van der Waals surface area contributed by atoms with Crippen LogP contribution in [0.1, 0.15) is 0 Å². The predicted molar refractivity (Wildman–Crippen MR) is 27.0 cm³/mol. The minimum Gasteiger partial charge on any atom is -0.281 e. The van der Waals surface area contributed by atoms with Crippen LogP contribution in [0.2, 0.25) is 13.1 Å². The van der Waals surface area contributed by atoms with Crippen molar-refractivity contribution >= 4 is 8.32 Å². The van der Waals surface area contributed by atoms with Crippen LogP contribution in [0, 0.1) is 12.0 Å². The molecule has 2 heteroatoms. The summed E-state index contributed by atoms with van der Waals surface area (Å²) in [7, 11) is -2.35. The summed E-state index contributed by atoms with van der Waals surface area (Å²) in [5.41, 5.74) is 2.19. The molecule has 0 aromatic carbocycles. The lowest BCUT2D eigenvalue weighted by molar-refractivity contribution is 0.444. The Morgan fingerprint density at radius 3 is 1.83 bits per heavy atom. The Labute approximate surface area is 39.1 Å². The highest BCUT2D eigenvalue weighted by Crippen LogP contribution is 1.89. The molecule has 0 unspecified atom stereocenters. The van der Waals surface area contributed by atoms with Crippen molar-refractivity contribution in [1.29, 1.82) is 0 Å². The number of hydrogen-bond donors (Lipinski definition) is 0. The normalized spacial score (nSPS) is 10.3. The maximum Gasteiger partial charge on any atom is 0.306 e. The second-order valence-electron chi connectivity index (χ2n) is 1.65. The smallest absolute Gasteiger partial charge is 0.281 e. The largest absolute Gasteiger partial charge is 0.306 e. The van der Waals surface area contributed by atoms with Crippen LogP contribution >= 0.6 is 0 Å². The van der Waals surface area contributed by atoms with E-state index < -0.39 is 8.32 Å². The summed E-state index contributed by atoms with van der Waals surface area (Å²) in [5.74, 6) is 0. The molecule has 0 heterocycles. The van der Waals surface area contributed by atoms with E-state index in [-0.39, 0.29) is 0 Å². The molecular weight excluding hydrogens is 92.1 g/mol. The Balaban J connectivity index is 3.55. The van der Waals surface area contributed by atoms with E-state index in [1.165, 1.54) is 0 Å². The first-order valence-corrected chi connectivity index (χ1v) is 4.65. The molecule has 0 saturated heterocycles. The average Bonchev–Trinajstić information content (AvgIpc) is 1.35. The van der Waals surface area contributed by atoms with Crippen molar-refractivity contribution in [2.45, 2.75) is 13.1 Å². The fraction of sp³-hybridized carbons (Fsp3) is 0.500. The topological polar surface area (TPSA) is 19.9 Å². The summed E-state index contributed by atoms with van der Waals surface area (Å²) in [6.45, 7) is 3.18. The maximum absolute atomic E-state index is 10.4. The molecular formula is C4H7OSi. The van der Waals surface area contributed by atoms with Crippen LogP contribution in [0.15, 0.2) is 0 Å². The Kier molecular flexibility index (Phi) is 1.39. The van der Waals surface area contributed by atoms with E-state index in [1.54, 1.807) is 13.1 Å². The third-order valence-corrected chi connectivity index (χ3v) is 1.04. The predicted octanol–water partition coefficient (Wildman–Crippen LogP) is 0.794. The molecule has 0 aliphatic carbocycles. The van der Waals surface area contributed by atoms with E-state index in [4.69, 9.17) is 6.42 Å². The Morgan fingerprint density at radius 1 is 1.67 bits per heavy atom. The molecule has 0 amide bonds. The molecule has 0 aromatic heterocycles. The molecule has 0 saturated carbocycles. The van der Waals surface area contributed by atoms with E-state index in [9.17, 15) is 4.80 Å². The molecule has 0 N–H and O–H groups in total. The molecule has 1 radical (unpaired) electrons. The van der Waals surface area contributed by atoms with E-state index >= 15 is 0 Å². The van der Waals surface area contributed by atoms with Gasteiger partial charge in [0.15, 0.2) is 0 Å². The molecule has 1 nitrogen and oxygen atoms in total. The van der Waals surface area contributed by atoms with Crippen LogP contribution in [0.25, 0.3) is 0 Å². The van der Waals surface area contributed by atoms with Gasteiger partial charge in [-0.15, -0.1) is 6.42 Å². The van der Waals surface area contributed by atoms with Crippen molar-refractivity contribution in [3.63, 3.8) is 0 Å². The summed E-state index contributed by atoms with van der Waals surface area (Å²) in [6.07, 6.45) is 4.80. The first kappa shape index (κ1) is 5.74. The highest BCUT2D eigenvalue weighted by atomic mass is 28.4. The molecule has 0 aliphatic heterocycles. The molecule has 0 bridgehead atoms. The zero-order valence-corrected chi connectivity index (χ0v) is 4.99. The Hall–Kier alpha value is -0.263. The van der Waals surface area contributed by atoms with E-state index in [2.05, 4.69) is 5.54 Å². The van der Waals surface area contributed by atoms with Gasteiger partial charge in [0.2, 0.25) is 0 Å². The van der Waals surface area contributed by atoms with Crippen molar-refractivity contribution in [2.24, 2.45) is 0 Å². The lowest BCUT2D eigenvalue weighted by atomic mass is 11.4. The zero-order chi connectivity index (χ0) is 5.21. The van der Waals surface area contributed by atoms with E-state index in [0.29, 0.717) is 0 Å². The van der Waals surface area contributed by atoms with Gasteiger partial charge in [-0.05, 0) is 13.1 Å². The molecule has 0 fully saturated rings. The Morgan fingerprint density at radius 2 is 1.83 bits per heavy atom. The number of hydrogen-bond acceptors (Lipinski definition) is 0. The second kappa shape index (κ2) is 1.46. The molecule has 0 aromatic rings. The first-order chi connectivity index (χ1) is 2.56. The Bertz CT molecular complexity index is 74.5. The minimum absolute atomic E-state index is 1.59. The number of rotatable bonds is 0. The third-order valence-electron chi connectivity index (χ3n) is 0.348. The summed E-state index contributed by atoms with van der Waals surface area (Å²) in [6, 6.07) is 0. The van der Waals surface area contributed by atoms with Gasteiger partial charge in [-0.2, -0.15) is 0 Å². The van der Waals surface area contributed by atoms with Crippen LogP contribution in [0.5, 0.6) is 0 Å². The molecule has 0 atom stereocenters. The van der Waals surface area contributed by atoms with Gasteiger partial charge in [0.1, 0.15) is 0 Å². The SMILES string of the molecule is C#C[Si](C)(C)[O]. The number of terminal acetylenes is 1. The molecule has 0 rings (SSSR count). The summed E-state index contributed by atoms with van der Waals surface area (Å²) >= 11 is 0. The average molecular weight is 99.2 g/mol. The van der Waals surface area contributed by atoms with Gasteiger partial charge in [-0.25, -0.2) is 0 Å². The van der Waals surface area contributed by atoms with Gasteiger partial charge >= 0.3 is 8.32 Å². The summed E-state index contributed by atoms with van der Waals surface area (Å²) < 4.78 is 0. The van der Waals surface area contributed by atoms with Gasteiger partial charge in [-0.1, -0.05) is 5.54 Å². The lowest BCUT2D eigenvalue weighted by Crippen LogP contribution is -2.19. The fourth-order valence-corrected chi connectivity index (χ4v) is 0.